The molecule has 26 heavy (non-hydrogen) atoms. The number of halogens is 1. The summed E-state index contributed by atoms with van der Waals surface area (Å²) in [5, 5.41) is 12.7. The van der Waals surface area contributed by atoms with Crippen LogP contribution in [0.3, 0.4) is 0 Å². The zero-order valence-corrected chi connectivity index (χ0v) is 14.9. The van der Waals surface area contributed by atoms with Crippen LogP contribution >= 0.6 is 11.6 Å². The SMILES string of the molecule is N#C/C(=C\c1ccccc1)C(=O)Nc1cc(Cl)ccc1N1CCOCC1. The summed E-state index contributed by atoms with van der Waals surface area (Å²) in [6.45, 7) is 2.73. The number of carbonyl (C=O) groups is 1. The van der Waals surface area contributed by atoms with Gasteiger partial charge in [0.15, 0.2) is 0 Å². The van der Waals surface area contributed by atoms with Crippen molar-refractivity contribution in [2.75, 3.05) is 36.5 Å². The van der Waals surface area contributed by atoms with Gasteiger partial charge in [-0.2, -0.15) is 5.26 Å². The van der Waals surface area contributed by atoms with Crippen molar-refractivity contribution in [2.24, 2.45) is 0 Å². The number of amides is 1. The maximum atomic E-state index is 12.6. The van der Waals surface area contributed by atoms with Gasteiger partial charge in [0.2, 0.25) is 0 Å². The van der Waals surface area contributed by atoms with E-state index in [1.165, 1.54) is 0 Å². The molecule has 1 aliphatic rings. The van der Waals surface area contributed by atoms with Crippen LogP contribution in [-0.2, 0) is 9.53 Å². The van der Waals surface area contributed by atoms with Crippen molar-refractivity contribution in [2.45, 2.75) is 0 Å². The second-order valence-corrected chi connectivity index (χ2v) is 6.23. The van der Waals surface area contributed by atoms with Crippen molar-refractivity contribution in [3.63, 3.8) is 0 Å². The number of anilines is 2. The summed E-state index contributed by atoms with van der Waals surface area (Å²) in [6.07, 6.45) is 1.56. The van der Waals surface area contributed by atoms with Gasteiger partial charge < -0.3 is 15.0 Å². The third kappa shape index (κ3) is 4.42. The normalized spacial score (nSPS) is 14.6. The van der Waals surface area contributed by atoms with E-state index in [0.29, 0.717) is 23.9 Å². The van der Waals surface area contributed by atoms with Crippen LogP contribution in [0.25, 0.3) is 6.08 Å². The largest absolute Gasteiger partial charge is 0.378 e. The Labute approximate surface area is 157 Å². The first-order valence-electron chi connectivity index (χ1n) is 8.28. The van der Waals surface area contributed by atoms with Crippen molar-refractivity contribution in [1.29, 1.82) is 5.26 Å². The standard InChI is InChI=1S/C20H18ClN3O2/c21-17-6-7-19(24-8-10-26-11-9-24)18(13-17)23-20(25)16(14-22)12-15-4-2-1-3-5-15/h1-7,12-13H,8-11H2,(H,23,25)/b16-12+. The monoisotopic (exact) mass is 367 g/mol. The summed E-state index contributed by atoms with van der Waals surface area (Å²) >= 11 is 6.11. The predicted octanol–water partition coefficient (Wildman–Crippen LogP) is 3.72. The summed E-state index contributed by atoms with van der Waals surface area (Å²) in [5.41, 5.74) is 2.27. The van der Waals surface area contributed by atoms with Gasteiger partial charge in [0.25, 0.3) is 5.91 Å². The zero-order chi connectivity index (χ0) is 18.4. The van der Waals surface area contributed by atoms with E-state index in [1.807, 2.05) is 42.5 Å². The third-order valence-electron chi connectivity index (χ3n) is 4.03. The lowest BCUT2D eigenvalue weighted by Crippen LogP contribution is -2.36. The van der Waals surface area contributed by atoms with Gasteiger partial charge in [-0.25, -0.2) is 0 Å². The average molecular weight is 368 g/mol. The Hall–Kier alpha value is -2.81. The van der Waals surface area contributed by atoms with Crippen molar-refractivity contribution < 1.29 is 9.53 Å². The van der Waals surface area contributed by atoms with Crippen molar-refractivity contribution in [3.05, 3.63) is 64.7 Å². The minimum atomic E-state index is -0.465. The molecule has 0 bridgehead atoms. The molecule has 5 nitrogen and oxygen atoms in total. The molecule has 2 aromatic carbocycles. The molecule has 0 aliphatic carbocycles. The van der Waals surface area contributed by atoms with Gasteiger partial charge in [0.05, 0.1) is 24.6 Å². The number of nitriles is 1. The highest BCUT2D eigenvalue weighted by Crippen LogP contribution is 2.30. The van der Waals surface area contributed by atoms with E-state index in [1.54, 1.807) is 18.2 Å². The highest BCUT2D eigenvalue weighted by Gasteiger charge is 2.18. The Morgan fingerprint density at radius 2 is 1.92 bits per heavy atom. The van der Waals surface area contributed by atoms with Crippen LogP contribution in [0, 0.1) is 11.3 Å². The molecule has 0 spiro atoms. The topological polar surface area (TPSA) is 65.4 Å². The van der Waals surface area contributed by atoms with E-state index in [0.717, 1.165) is 24.3 Å². The fraction of sp³-hybridized carbons (Fsp3) is 0.200. The summed E-state index contributed by atoms with van der Waals surface area (Å²) in [5.74, 6) is -0.465. The number of rotatable bonds is 4. The van der Waals surface area contributed by atoms with Gasteiger partial charge in [0.1, 0.15) is 11.6 Å². The molecule has 0 unspecified atom stereocenters. The molecule has 6 heteroatoms. The number of hydrogen-bond acceptors (Lipinski definition) is 4. The quantitative estimate of drug-likeness (QED) is 0.660. The lowest BCUT2D eigenvalue weighted by atomic mass is 10.1. The highest BCUT2D eigenvalue weighted by atomic mass is 35.5. The number of nitrogens with one attached hydrogen (secondary N) is 1. The van der Waals surface area contributed by atoms with E-state index < -0.39 is 5.91 Å². The lowest BCUT2D eigenvalue weighted by molar-refractivity contribution is -0.112. The molecule has 1 N–H and O–H groups in total. The van der Waals surface area contributed by atoms with E-state index in [9.17, 15) is 10.1 Å². The molecule has 0 radical (unpaired) electrons. The molecule has 1 saturated heterocycles. The van der Waals surface area contributed by atoms with Crippen LogP contribution in [0.1, 0.15) is 5.56 Å². The Balaban J connectivity index is 1.85. The Morgan fingerprint density at radius 3 is 2.62 bits per heavy atom. The number of morpholine rings is 1. The minimum absolute atomic E-state index is 0.0316. The van der Waals surface area contributed by atoms with Crippen LogP contribution < -0.4 is 10.2 Å². The van der Waals surface area contributed by atoms with E-state index in [-0.39, 0.29) is 5.57 Å². The predicted molar refractivity (Wildman–Crippen MR) is 103 cm³/mol. The number of ether oxygens (including phenoxy) is 1. The first kappa shape index (κ1) is 18.0. The van der Waals surface area contributed by atoms with Gasteiger partial charge in [0, 0.05) is 18.1 Å². The molecule has 3 rings (SSSR count). The fourth-order valence-corrected chi connectivity index (χ4v) is 2.91. The van der Waals surface area contributed by atoms with Crippen LogP contribution in [0.2, 0.25) is 5.02 Å². The molecular formula is C20H18ClN3O2. The lowest BCUT2D eigenvalue weighted by Gasteiger charge is -2.30. The van der Waals surface area contributed by atoms with Crippen molar-refractivity contribution >= 4 is 35.0 Å². The maximum absolute atomic E-state index is 12.6. The van der Waals surface area contributed by atoms with Crippen LogP contribution in [0.5, 0.6) is 0 Å². The van der Waals surface area contributed by atoms with Crippen LogP contribution in [0.4, 0.5) is 11.4 Å². The molecule has 2 aromatic rings. The van der Waals surface area contributed by atoms with Gasteiger partial charge >= 0.3 is 0 Å². The molecule has 1 aliphatic heterocycles. The van der Waals surface area contributed by atoms with Gasteiger partial charge in [-0.05, 0) is 29.8 Å². The summed E-state index contributed by atoms with van der Waals surface area (Å²) < 4.78 is 5.38. The number of nitrogens with zero attached hydrogens (tertiary/aromatic N) is 2. The van der Waals surface area contributed by atoms with E-state index >= 15 is 0 Å². The maximum Gasteiger partial charge on any atom is 0.266 e. The Bertz CT molecular complexity index is 853. The summed E-state index contributed by atoms with van der Waals surface area (Å²) in [4.78, 5) is 14.7. The first-order chi connectivity index (χ1) is 12.7. The van der Waals surface area contributed by atoms with Gasteiger partial charge in [-0.3, -0.25) is 4.79 Å². The number of hydrogen-bond donors (Lipinski definition) is 1. The molecule has 1 heterocycles. The smallest absolute Gasteiger partial charge is 0.266 e. The molecule has 132 valence electrons. The van der Waals surface area contributed by atoms with Gasteiger partial charge in [-0.15, -0.1) is 0 Å². The van der Waals surface area contributed by atoms with Gasteiger partial charge in [-0.1, -0.05) is 41.9 Å². The molecule has 1 fully saturated rings. The zero-order valence-electron chi connectivity index (χ0n) is 14.1. The summed E-state index contributed by atoms with van der Waals surface area (Å²) in [6, 6.07) is 16.6. The molecule has 0 saturated carbocycles. The second-order valence-electron chi connectivity index (χ2n) is 5.80. The molecule has 0 aromatic heterocycles. The average Bonchev–Trinajstić information content (AvgIpc) is 2.67. The Kier molecular flexibility index (Phi) is 5.90. The van der Waals surface area contributed by atoms with E-state index in [4.69, 9.17) is 16.3 Å². The third-order valence-corrected chi connectivity index (χ3v) is 4.27. The Morgan fingerprint density at radius 1 is 1.19 bits per heavy atom. The van der Waals surface area contributed by atoms with Crippen LogP contribution in [0.15, 0.2) is 54.1 Å². The molecular weight excluding hydrogens is 350 g/mol. The second kappa shape index (κ2) is 8.52. The number of benzene rings is 2. The fourth-order valence-electron chi connectivity index (χ4n) is 2.74. The van der Waals surface area contributed by atoms with Crippen molar-refractivity contribution in [3.8, 4) is 6.07 Å². The molecule has 1 amide bonds. The summed E-state index contributed by atoms with van der Waals surface area (Å²) in [7, 11) is 0. The van der Waals surface area contributed by atoms with E-state index in [2.05, 4.69) is 10.2 Å². The van der Waals surface area contributed by atoms with Crippen molar-refractivity contribution in [1.82, 2.24) is 0 Å². The first-order valence-corrected chi connectivity index (χ1v) is 8.65. The number of carbonyl (C=O) groups excluding carboxylic acids is 1. The highest BCUT2D eigenvalue weighted by molar-refractivity contribution is 6.31. The molecule has 0 atom stereocenters. The van der Waals surface area contributed by atoms with Crippen LogP contribution in [-0.4, -0.2) is 32.2 Å². The minimum Gasteiger partial charge on any atom is -0.378 e.